The largest absolute Gasteiger partial charge is 0.369 e. The van der Waals surface area contributed by atoms with Crippen LogP contribution in [0.25, 0.3) is 0 Å². The van der Waals surface area contributed by atoms with Crippen LogP contribution in [0.15, 0.2) is 42.7 Å². The van der Waals surface area contributed by atoms with Gasteiger partial charge in [0.25, 0.3) is 5.91 Å². The van der Waals surface area contributed by atoms with Crippen LogP contribution in [-0.2, 0) is 6.42 Å². The summed E-state index contributed by atoms with van der Waals surface area (Å²) in [7, 11) is 0. The van der Waals surface area contributed by atoms with Crippen molar-refractivity contribution in [3.63, 3.8) is 0 Å². The molecular weight excluding hydrogens is 288 g/mol. The van der Waals surface area contributed by atoms with Crippen molar-refractivity contribution in [2.24, 2.45) is 5.92 Å². The number of nitrogens with zero attached hydrogens (tertiary/aromatic N) is 2. The van der Waals surface area contributed by atoms with Crippen molar-refractivity contribution in [1.82, 2.24) is 15.3 Å². The number of benzene rings is 1. The average molecular weight is 312 g/mol. The highest BCUT2D eigenvalue weighted by molar-refractivity contribution is 5.91. The Labute approximate surface area is 137 Å². The summed E-state index contributed by atoms with van der Waals surface area (Å²) in [6.45, 7) is 5.71. The molecule has 0 spiro atoms. The second-order valence-electron chi connectivity index (χ2n) is 5.91. The summed E-state index contributed by atoms with van der Waals surface area (Å²) in [5, 5.41) is 6.05. The Morgan fingerprint density at radius 2 is 1.91 bits per heavy atom. The molecule has 23 heavy (non-hydrogen) atoms. The van der Waals surface area contributed by atoms with Crippen LogP contribution >= 0.6 is 0 Å². The summed E-state index contributed by atoms with van der Waals surface area (Å²) in [4.78, 5) is 20.4. The van der Waals surface area contributed by atoms with Gasteiger partial charge in [-0.05, 0) is 24.3 Å². The van der Waals surface area contributed by atoms with Crippen molar-refractivity contribution < 1.29 is 4.79 Å². The van der Waals surface area contributed by atoms with Gasteiger partial charge in [-0.2, -0.15) is 0 Å². The van der Waals surface area contributed by atoms with Gasteiger partial charge in [0.1, 0.15) is 11.5 Å². The Bertz CT molecular complexity index is 596. The highest BCUT2D eigenvalue weighted by Gasteiger charge is 2.07. The molecule has 0 aliphatic rings. The summed E-state index contributed by atoms with van der Waals surface area (Å²) in [6.07, 6.45) is 4.96. The normalized spacial score (nSPS) is 10.6. The fourth-order valence-electron chi connectivity index (χ4n) is 2.07. The van der Waals surface area contributed by atoms with E-state index in [9.17, 15) is 4.79 Å². The van der Waals surface area contributed by atoms with Crippen molar-refractivity contribution >= 4 is 11.7 Å². The van der Waals surface area contributed by atoms with Crippen LogP contribution < -0.4 is 10.6 Å². The van der Waals surface area contributed by atoms with Crippen LogP contribution in [0.1, 0.15) is 36.3 Å². The molecule has 0 unspecified atom stereocenters. The van der Waals surface area contributed by atoms with E-state index in [2.05, 4.69) is 46.6 Å². The first-order chi connectivity index (χ1) is 11.1. The fourth-order valence-corrected chi connectivity index (χ4v) is 2.07. The molecule has 1 aromatic heterocycles. The molecule has 5 heteroatoms. The van der Waals surface area contributed by atoms with Gasteiger partial charge in [0.05, 0.1) is 12.4 Å². The van der Waals surface area contributed by atoms with Crippen LogP contribution in [0.3, 0.4) is 0 Å². The standard InChI is InChI=1S/C18H24N4O/c1-14(2)11-21-17-13-20-16(12-22-17)18(23)19-10-6-9-15-7-4-3-5-8-15/h3-5,7-8,12-14H,6,9-11H2,1-2H3,(H,19,23)(H,21,22). The summed E-state index contributed by atoms with van der Waals surface area (Å²) in [5.74, 6) is 1.05. The number of carbonyl (C=O) groups excluding carboxylic acids is 1. The molecule has 2 N–H and O–H groups in total. The Morgan fingerprint density at radius 3 is 2.57 bits per heavy atom. The van der Waals surface area contributed by atoms with Gasteiger partial charge in [-0.1, -0.05) is 44.2 Å². The molecule has 0 radical (unpaired) electrons. The first-order valence-corrected chi connectivity index (χ1v) is 8.03. The second-order valence-corrected chi connectivity index (χ2v) is 5.91. The van der Waals surface area contributed by atoms with Crippen LogP contribution in [0.4, 0.5) is 5.82 Å². The molecule has 0 bridgehead atoms. The van der Waals surface area contributed by atoms with Crippen molar-refractivity contribution in [3.8, 4) is 0 Å². The lowest BCUT2D eigenvalue weighted by atomic mass is 10.1. The molecule has 1 aromatic carbocycles. The third-order valence-electron chi connectivity index (χ3n) is 3.35. The van der Waals surface area contributed by atoms with Gasteiger partial charge in [-0.25, -0.2) is 9.97 Å². The number of rotatable bonds is 8. The van der Waals surface area contributed by atoms with Gasteiger partial charge in [0.2, 0.25) is 0 Å². The molecule has 1 amide bonds. The number of amides is 1. The van der Waals surface area contributed by atoms with E-state index in [0.29, 0.717) is 24.0 Å². The van der Waals surface area contributed by atoms with Crippen molar-refractivity contribution in [2.75, 3.05) is 18.4 Å². The third kappa shape index (κ3) is 6.06. The maximum atomic E-state index is 12.0. The van der Waals surface area contributed by atoms with E-state index >= 15 is 0 Å². The van der Waals surface area contributed by atoms with Gasteiger partial charge in [0.15, 0.2) is 0 Å². The molecule has 1 heterocycles. The quantitative estimate of drug-likeness (QED) is 0.736. The minimum atomic E-state index is -0.180. The van der Waals surface area contributed by atoms with E-state index in [1.807, 2.05) is 18.2 Å². The molecule has 2 aromatic rings. The molecule has 0 saturated heterocycles. The first-order valence-electron chi connectivity index (χ1n) is 8.03. The van der Waals surface area contributed by atoms with Gasteiger partial charge in [-0.15, -0.1) is 0 Å². The number of nitrogens with one attached hydrogen (secondary N) is 2. The van der Waals surface area contributed by atoms with Crippen molar-refractivity contribution in [3.05, 3.63) is 54.0 Å². The van der Waals surface area contributed by atoms with Crippen LogP contribution in [0, 0.1) is 5.92 Å². The lowest BCUT2D eigenvalue weighted by molar-refractivity contribution is 0.0948. The average Bonchev–Trinajstić information content (AvgIpc) is 2.58. The van der Waals surface area contributed by atoms with Crippen LogP contribution in [0.5, 0.6) is 0 Å². The Balaban J connectivity index is 1.72. The van der Waals surface area contributed by atoms with E-state index < -0.39 is 0 Å². The SMILES string of the molecule is CC(C)CNc1cnc(C(=O)NCCCc2ccccc2)cn1. The van der Waals surface area contributed by atoms with Crippen molar-refractivity contribution in [1.29, 1.82) is 0 Å². The van der Waals surface area contributed by atoms with E-state index in [-0.39, 0.29) is 5.91 Å². The first kappa shape index (κ1) is 16.9. The fraction of sp³-hybridized carbons (Fsp3) is 0.389. The molecular formula is C18H24N4O. The predicted octanol–water partition coefficient (Wildman–Crippen LogP) is 2.91. The minimum absolute atomic E-state index is 0.180. The second kappa shape index (κ2) is 8.88. The minimum Gasteiger partial charge on any atom is -0.369 e. The topological polar surface area (TPSA) is 66.9 Å². The third-order valence-corrected chi connectivity index (χ3v) is 3.35. The molecule has 122 valence electrons. The zero-order valence-electron chi connectivity index (χ0n) is 13.7. The summed E-state index contributed by atoms with van der Waals surface area (Å²) >= 11 is 0. The monoisotopic (exact) mass is 312 g/mol. The lowest BCUT2D eigenvalue weighted by Gasteiger charge is -2.08. The number of hydrogen-bond acceptors (Lipinski definition) is 4. The van der Waals surface area contributed by atoms with E-state index in [0.717, 1.165) is 19.4 Å². The smallest absolute Gasteiger partial charge is 0.271 e. The van der Waals surface area contributed by atoms with E-state index in [4.69, 9.17) is 0 Å². The zero-order valence-corrected chi connectivity index (χ0v) is 13.7. The maximum Gasteiger partial charge on any atom is 0.271 e. The van der Waals surface area contributed by atoms with Gasteiger partial charge >= 0.3 is 0 Å². The molecule has 5 nitrogen and oxygen atoms in total. The summed E-state index contributed by atoms with van der Waals surface area (Å²) < 4.78 is 0. The van der Waals surface area contributed by atoms with Crippen LogP contribution in [-0.4, -0.2) is 29.0 Å². The van der Waals surface area contributed by atoms with Gasteiger partial charge < -0.3 is 10.6 Å². The molecule has 0 aliphatic carbocycles. The summed E-state index contributed by atoms with van der Waals surface area (Å²) in [6, 6.07) is 10.2. The molecule has 0 aliphatic heterocycles. The Morgan fingerprint density at radius 1 is 1.13 bits per heavy atom. The predicted molar refractivity (Wildman–Crippen MR) is 92.5 cm³/mol. The molecule has 2 rings (SSSR count). The Hall–Kier alpha value is -2.43. The molecule has 0 saturated carbocycles. The number of anilines is 1. The lowest BCUT2D eigenvalue weighted by Crippen LogP contribution is -2.26. The highest BCUT2D eigenvalue weighted by Crippen LogP contribution is 2.04. The zero-order chi connectivity index (χ0) is 16.5. The van der Waals surface area contributed by atoms with Gasteiger partial charge in [-0.3, -0.25) is 4.79 Å². The summed E-state index contributed by atoms with van der Waals surface area (Å²) in [5.41, 5.74) is 1.63. The molecule has 0 fully saturated rings. The number of carbonyl (C=O) groups is 1. The Kier molecular flexibility index (Phi) is 6.54. The maximum absolute atomic E-state index is 12.0. The number of hydrogen-bond donors (Lipinski definition) is 2. The van der Waals surface area contributed by atoms with Gasteiger partial charge in [0, 0.05) is 13.1 Å². The highest BCUT2D eigenvalue weighted by atomic mass is 16.1. The van der Waals surface area contributed by atoms with E-state index in [1.165, 1.54) is 11.8 Å². The van der Waals surface area contributed by atoms with Crippen molar-refractivity contribution in [2.45, 2.75) is 26.7 Å². The number of aromatic nitrogens is 2. The van der Waals surface area contributed by atoms with Crippen LogP contribution in [0.2, 0.25) is 0 Å². The molecule has 0 atom stereocenters. The van der Waals surface area contributed by atoms with E-state index in [1.54, 1.807) is 6.20 Å². The number of aryl methyl sites for hydroxylation is 1.